The lowest BCUT2D eigenvalue weighted by molar-refractivity contribution is 0.157. The van der Waals surface area contributed by atoms with Crippen LogP contribution in [0.2, 0.25) is 0 Å². The van der Waals surface area contributed by atoms with Gasteiger partial charge < -0.3 is 4.57 Å². The van der Waals surface area contributed by atoms with E-state index in [0.29, 0.717) is 0 Å². The predicted octanol–water partition coefficient (Wildman–Crippen LogP) is 3.17. The minimum atomic E-state index is 0.768. The fourth-order valence-electron chi connectivity index (χ4n) is 2.93. The zero-order chi connectivity index (χ0) is 13.1. The highest BCUT2D eigenvalue weighted by molar-refractivity contribution is 7.11. The molecule has 1 fully saturated rings. The van der Waals surface area contributed by atoms with Crippen molar-refractivity contribution in [1.82, 2.24) is 14.5 Å². The second-order valence-electron chi connectivity index (χ2n) is 5.52. The van der Waals surface area contributed by atoms with Gasteiger partial charge in [-0.05, 0) is 44.4 Å². The van der Waals surface area contributed by atoms with Crippen molar-refractivity contribution < 1.29 is 0 Å². The molecular formula is C15H21N3S. The SMILES string of the molecule is Cc1ccc(CN2CCC[C@H](Cn3ccnc3)C2)s1. The number of rotatable bonds is 4. The van der Waals surface area contributed by atoms with Crippen LogP contribution in [0.1, 0.15) is 22.6 Å². The molecule has 4 heteroatoms. The highest BCUT2D eigenvalue weighted by atomic mass is 32.1. The number of hydrogen-bond donors (Lipinski definition) is 0. The number of nitrogens with zero attached hydrogens (tertiary/aromatic N) is 3. The molecular weight excluding hydrogens is 254 g/mol. The van der Waals surface area contributed by atoms with E-state index in [-0.39, 0.29) is 0 Å². The molecule has 0 saturated carbocycles. The molecule has 0 aliphatic carbocycles. The van der Waals surface area contributed by atoms with E-state index in [1.807, 2.05) is 23.9 Å². The molecule has 0 bridgehead atoms. The zero-order valence-corrected chi connectivity index (χ0v) is 12.3. The van der Waals surface area contributed by atoms with Gasteiger partial charge in [0.1, 0.15) is 0 Å². The Morgan fingerprint density at radius 2 is 2.37 bits per heavy atom. The fourth-order valence-corrected chi connectivity index (χ4v) is 3.86. The third-order valence-electron chi connectivity index (χ3n) is 3.81. The predicted molar refractivity (Wildman–Crippen MR) is 79.3 cm³/mol. The molecule has 0 N–H and O–H groups in total. The molecule has 1 aliphatic rings. The molecule has 1 atom stereocenters. The number of aryl methyl sites for hydroxylation is 1. The quantitative estimate of drug-likeness (QED) is 0.854. The van der Waals surface area contributed by atoms with Crippen LogP contribution in [0.5, 0.6) is 0 Å². The zero-order valence-electron chi connectivity index (χ0n) is 11.5. The van der Waals surface area contributed by atoms with Crippen molar-refractivity contribution in [3.05, 3.63) is 40.6 Å². The van der Waals surface area contributed by atoms with Crippen molar-refractivity contribution in [2.75, 3.05) is 13.1 Å². The van der Waals surface area contributed by atoms with E-state index in [4.69, 9.17) is 0 Å². The number of piperidine rings is 1. The Balaban J connectivity index is 1.55. The van der Waals surface area contributed by atoms with Crippen LogP contribution in [0.4, 0.5) is 0 Å². The first-order valence-corrected chi connectivity index (χ1v) is 7.84. The first-order valence-electron chi connectivity index (χ1n) is 7.03. The maximum absolute atomic E-state index is 4.13. The molecule has 19 heavy (non-hydrogen) atoms. The van der Waals surface area contributed by atoms with Gasteiger partial charge in [0.15, 0.2) is 0 Å². The van der Waals surface area contributed by atoms with Gasteiger partial charge in [0.25, 0.3) is 0 Å². The Bertz CT molecular complexity index is 503. The van der Waals surface area contributed by atoms with Gasteiger partial charge in [0, 0.05) is 41.8 Å². The molecule has 2 aromatic heterocycles. The van der Waals surface area contributed by atoms with Gasteiger partial charge in [-0.2, -0.15) is 0 Å². The summed E-state index contributed by atoms with van der Waals surface area (Å²) in [6.07, 6.45) is 8.54. The number of aromatic nitrogens is 2. The van der Waals surface area contributed by atoms with Crippen LogP contribution in [-0.2, 0) is 13.1 Å². The van der Waals surface area contributed by atoms with Crippen LogP contribution in [0.3, 0.4) is 0 Å². The summed E-state index contributed by atoms with van der Waals surface area (Å²) < 4.78 is 2.21. The Labute approximate surface area is 118 Å². The Hall–Kier alpha value is -1.13. The standard InChI is InChI=1S/C15H21N3S/c1-13-4-5-15(19-13)11-17-7-2-3-14(9-17)10-18-8-6-16-12-18/h4-6,8,12,14H,2-3,7,9-11H2,1H3/t14-/m0/s1. The molecule has 1 aliphatic heterocycles. The number of likely N-dealkylation sites (tertiary alicyclic amines) is 1. The summed E-state index contributed by atoms with van der Waals surface area (Å²) in [5, 5.41) is 0. The summed E-state index contributed by atoms with van der Waals surface area (Å²) in [5.41, 5.74) is 0. The van der Waals surface area contributed by atoms with Crippen LogP contribution >= 0.6 is 11.3 Å². The molecule has 0 aromatic carbocycles. The van der Waals surface area contributed by atoms with E-state index in [1.54, 1.807) is 0 Å². The lowest BCUT2D eigenvalue weighted by Gasteiger charge is -2.32. The third-order valence-corrected chi connectivity index (χ3v) is 4.79. The van der Waals surface area contributed by atoms with Crippen molar-refractivity contribution in [2.24, 2.45) is 5.92 Å². The highest BCUT2D eigenvalue weighted by Gasteiger charge is 2.20. The first kappa shape index (κ1) is 12.9. The molecule has 0 radical (unpaired) electrons. The minimum absolute atomic E-state index is 0.768. The molecule has 3 nitrogen and oxygen atoms in total. The maximum Gasteiger partial charge on any atom is 0.0946 e. The van der Waals surface area contributed by atoms with E-state index in [0.717, 1.165) is 19.0 Å². The van der Waals surface area contributed by atoms with E-state index in [2.05, 4.69) is 39.7 Å². The summed E-state index contributed by atoms with van der Waals surface area (Å²) in [4.78, 5) is 9.65. The Kier molecular flexibility index (Phi) is 3.99. The topological polar surface area (TPSA) is 21.1 Å². The largest absolute Gasteiger partial charge is 0.337 e. The number of imidazole rings is 1. The molecule has 3 heterocycles. The lowest BCUT2D eigenvalue weighted by Crippen LogP contribution is -2.36. The van der Waals surface area contributed by atoms with Crippen molar-refractivity contribution in [3.8, 4) is 0 Å². The average Bonchev–Trinajstić information content (AvgIpc) is 3.02. The van der Waals surface area contributed by atoms with Crippen LogP contribution in [0, 0.1) is 12.8 Å². The van der Waals surface area contributed by atoms with Crippen molar-refractivity contribution in [3.63, 3.8) is 0 Å². The Morgan fingerprint density at radius 3 is 3.11 bits per heavy atom. The van der Waals surface area contributed by atoms with E-state index < -0.39 is 0 Å². The van der Waals surface area contributed by atoms with Gasteiger partial charge in [-0.25, -0.2) is 4.98 Å². The molecule has 1 saturated heterocycles. The monoisotopic (exact) mass is 275 g/mol. The summed E-state index contributed by atoms with van der Waals surface area (Å²) in [5.74, 6) is 0.768. The molecule has 3 rings (SSSR count). The van der Waals surface area contributed by atoms with Crippen LogP contribution < -0.4 is 0 Å². The smallest absolute Gasteiger partial charge is 0.0946 e. The second kappa shape index (κ2) is 5.88. The van der Waals surface area contributed by atoms with Gasteiger partial charge in [0.05, 0.1) is 6.33 Å². The van der Waals surface area contributed by atoms with Crippen molar-refractivity contribution in [1.29, 1.82) is 0 Å². The normalized spacial score (nSPS) is 20.8. The van der Waals surface area contributed by atoms with Crippen LogP contribution in [-0.4, -0.2) is 27.5 Å². The number of hydrogen-bond acceptors (Lipinski definition) is 3. The van der Waals surface area contributed by atoms with Crippen LogP contribution in [0.25, 0.3) is 0 Å². The first-order chi connectivity index (χ1) is 9.29. The van der Waals surface area contributed by atoms with Gasteiger partial charge in [0.2, 0.25) is 0 Å². The Morgan fingerprint density at radius 1 is 1.42 bits per heavy atom. The maximum atomic E-state index is 4.13. The van der Waals surface area contributed by atoms with Gasteiger partial charge in [-0.1, -0.05) is 0 Å². The highest BCUT2D eigenvalue weighted by Crippen LogP contribution is 2.23. The van der Waals surface area contributed by atoms with Crippen molar-refractivity contribution >= 4 is 11.3 Å². The van der Waals surface area contributed by atoms with Gasteiger partial charge >= 0.3 is 0 Å². The second-order valence-corrected chi connectivity index (χ2v) is 6.89. The minimum Gasteiger partial charge on any atom is -0.337 e. The molecule has 2 aromatic rings. The summed E-state index contributed by atoms with van der Waals surface area (Å²) >= 11 is 1.93. The molecule has 0 unspecified atom stereocenters. The van der Waals surface area contributed by atoms with E-state index in [9.17, 15) is 0 Å². The lowest BCUT2D eigenvalue weighted by atomic mass is 9.98. The summed E-state index contributed by atoms with van der Waals surface area (Å²) in [7, 11) is 0. The van der Waals surface area contributed by atoms with E-state index >= 15 is 0 Å². The molecule has 102 valence electrons. The molecule has 0 spiro atoms. The fraction of sp³-hybridized carbons (Fsp3) is 0.533. The van der Waals surface area contributed by atoms with Crippen LogP contribution in [0.15, 0.2) is 30.9 Å². The summed E-state index contributed by atoms with van der Waals surface area (Å²) in [6, 6.07) is 4.51. The number of thiophene rings is 1. The van der Waals surface area contributed by atoms with Gasteiger partial charge in [-0.3, -0.25) is 4.90 Å². The average molecular weight is 275 g/mol. The molecule has 0 amide bonds. The van der Waals surface area contributed by atoms with Gasteiger partial charge in [-0.15, -0.1) is 11.3 Å². The van der Waals surface area contributed by atoms with E-state index in [1.165, 1.54) is 35.7 Å². The van der Waals surface area contributed by atoms with Crippen molar-refractivity contribution in [2.45, 2.75) is 32.9 Å². The third kappa shape index (κ3) is 3.45. The summed E-state index contributed by atoms with van der Waals surface area (Å²) in [6.45, 7) is 6.89.